The van der Waals surface area contributed by atoms with Crippen molar-refractivity contribution in [1.29, 1.82) is 0 Å². The van der Waals surface area contributed by atoms with Gasteiger partial charge in [-0.3, -0.25) is 4.90 Å². The predicted molar refractivity (Wildman–Crippen MR) is 85.2 cm³/mol. The van der Waals surface area contributed by atoms with E-state index >= 15 is 0 Å². The summed E-state index contributed by atoms with van der Waals surface area (Å²) < 4.78 is 46.3. The molecule has 0 amide bonds. The number of nitrogens with zero attached hydrogens (tertiary/aromatic N) is 4. The number of aromatic nitrogens is 3. The molecule has 8 heteroatoms. The van der Waals surface area contributed by atoms with Gasteiger partial charge in [0.25, 0.3) is 0 Å². The largest absolute Gasteiger partial charge is 0.433 e. The Morgan fingerprint density at radius 3 is 2.84 bits per heavy atom. The molecule has 0 spiro atoms. The molecule has 2 fully saturated rings. The van der Waals surface area contributed by atoms with Gasteiger partial charge in [0.1, 0.15) is 5.69 Å². The van der Waals surface area contributed by atoms with E-state index in [0.29, 0.717) is 17.3 Å². The zero-order valence-electron chi connectivity index (χ0n) is 14.1. The second-order valence-corrected chi connectivity index (χ2v) is 7.00. The van der Waals surface area contributed by atoms with Crippen molar-refractivity contribution in [2.75, 3.05) is 26.3 Å². The van der Waals surface area contributed by atoms with Gasteiger partial charge < -0.3 is 4.74 Å². The van der Waals surface area contributed by atoms with Crippen molar-refractivity contribution < 1.29 is 17.9 Å². The Hall–Kier alpha value is -1.67. The van der Waals surface area contributed by atoms with E-state index < -0.39 is 11.9 Å². The van der Waals surface area contributed by atoms with Crippen molar-refractivity contribution >= 4 is 5.65 Å². The van der Waals surface area contributed by atoms with Crippen LogP contribution in [0.3, 0.4) is 0 Å². The standard InChI is InChI=1S/C17H21F3N4O/c1-11-7-15(17(18,19)20)24-16(21-11)8-13(22-24)14-3-2-5-23(14)9-12-4-6-25-10-12/h7-8,12,14H,2-6,9-10H2,1H3/t12-,14-/m0/s1. The average molecular weight is 354 g/mol. The third-order valence-corrected chi connectivity index (χ3v) is 5.09. The van der Waals surface area contributed by atoms with Crippen molar-refractivity contribution in [2.45, 2.75) is 38.4 Å². The Morgan fingerprint density at radius 1 is 1.28 bits per heavy atom. The maximum atomic E-state index is 13.3. The number of rotatable bonds is 3. The van der Waals surface area contributed by atoms with E-state index in [1.165, 1.54) is 0 Å². The number of hydrogen-bond acceptors (Lipinski definition) is 4. The van der Waals surface area contributed by atoms with E-state index in [-0.39, 0.29) is 11.7 Å². The highest BCUT2D eigenvalue weighted by Gasteiger charge is 2.36. The summed E-state index contributed by atoms with van der Waals surface area (Å²) in [5.74, 6) is 0.503. The minimum absolute atomic E-state index is 0.0590. The molecule has 0 N–H and O–H groups in total. The van der Waals surface area contributed by atoms with Crippen LogP contribution in [0.2, 0.25) is 0 Å². The van der Waals surface area contributed by atoms with Gasteiger partial charge in [0, 0.05) is 24.9 Å². The van der Waals surface area contributed by atoms with Crippen LogP contribution in [0.15, 0.2) is 12.1 Å². The van der Waals surface area contributed by atoms with Gasteiger partial charge in [0.05, 0.1) is 18.3 Å². The molecule has 0 unspecified atom stereocenters. The number of fused-ring (bicyclic) bond motifs is 1. The molecule has 2 aliphatic rings. The lowest BCUT2D eigenvalue weighted by Crippen LogP contribution is -2.29. The van der Waals surface area contributed by atoms with Crippen LogP contribution in [0, 0.1) is 12.8 Å². The van der Waals surface area contributed by atoms with Crippen LogP contribution >= 0.6 is 0 Å². The highest BCUT2D eigenvalue weighted by Crippen LogP contribution is 2.35. The quantitative estimate of drug-likeness (QED) is 0.849. The fourth-order valence-corrected chi connectivity index (χ4v) is 3.92. The second-order valence-electron chi connectivity index (χ2n) is 7.00. The van der Waals surface area contributed by atoms with Crippen LogP contribution in [0.25, 0.3) is 5.65 Å². The zero-order valence-corrected chi connectivity index (χ0v) is 14.1. The Morgan fingerprint density at radius 2 is 2.12 bits per heavy atom. The first-order valence-corrected chi connectivity index (χ1v) is 8.68. The minimum atomic E-state index is -4.45. The zero-order chi connectivity index (χ0) is 17.6. The van der Waals surface area contributed by atoms with Crippen LogP contribution in [0.5, 0.6) is 0 Å². The van der Waals surface area contributed by atoms with E-state index in [4.69, 9.17) is 4.74 Å². The third-order valence-electron chi connectivity index (χ3n) is 5.09. The highest BCUT2D eigenvalue weighted by molar-refractivity contribution is 5.43. The average Bonchev–Trinajstić information content (AvgIpc) is 3.25. The molecule has 5 nitrogen and oxygen atoms in total. The summed E-state index contributed by atoms with van der Waals surface area (Å²) in [6.45, 7) is 5.01. The van der Waals surface area contributed by atoms with E-state index in [1.807, 2.05) is 0 Å². The first-order valence-electron chi connectivity index (χ1n) is 8.68. The van der Waals surface area contributed by atoms with Gasteiger partial charge in [-0.2, -0.15) is 18.3 Å². The lowest BCUT2D eigenvalue weighted by molar-refractivity contribution is -0.142. The van der Waals surface area contributed by atoms with Gasteiger partial charge in [-0.25, -0.2) is 9.50 Å². The van der Waals surface area contributed by atoms with Crippen LogP contribution in [0.1, 0.15) is 42.4 Å². The molecular formula is C17H21F3N4O. The molecule has 25 heavy (non-hydrogen) atoms. The Labute approximate surface area is 143 Å². The topological polar surface area (TPSA) is 42.7 Å². The summed E-state index contributed by atoms with van der Waals surface area (Å²) in [5.41, 5.74) is 0.519. The molecule has 4 rings (SSSR count). The third kappa shape index (κ3) is 3.25. The smallest absolute Gasteiger partial charge is 0.381 e. The highest BCUT2D eigenvalue weighted by atomic mass is 19.4. The maximum absolute atomic E-state index is 13.3. The summed E-state index contributed by atoms with van der Waals surface area (Å²) >= 11 is 0. The van der Waals surface area contributed by atoms with Gasteiger partial charge >= 0.3 is 6.18 Å². The number of aryl methyl sites for hydroxylation is 1. The van der Waals surface area contributed by atoms with E-state index in [2.05, 4.69) is 15.0 Å². The van der Waals surface area contributed by atoms with Crippen LogP contribution < -0.4 is 0 Å². The summed E-state index contributed by atoms with van der Waals surface area (Å²) in [5, 5.41) is 4.29. The molecule has 0 radical (unpaired) electrons. The predicted octanol–water partition coefficient (Wildman–Crippen LogP) is 3.23. The molecule has 0 saturated carbocycles. The lowest BCUT2D eigenvalue weighted by Gasteiger charge is -2.25. The molecule has 2 atom stereocenters. The second kappa shape index (κ2) is 6.25. The first kappa shape index (κ1) is 16.8. The SMILES string of the molecule is Cc1cc(C(F)(F)F)n2nc([C@@H]3CCCN3C[C@@H]3CCOC3)cc2n1. The van der Waals surface area contributed by atoms with Crippen molar-refractivity contribution in [3.63, 3.8) is 0 Å². The van der Waals surface area contributed by atoms with Crippen LogP contribution in [-0.4, -0.2) is 45.8 Å². The van der Waals surface area contributed by atoms with Crippen LogP contribution in [-0.2, 0) is 10.9 Å². The number of alkyl halides is 3. The molecule has 2 aromatic rings. The molecule has 4 heterocycles. The van der Waals surface area contributed by atoms with Gasteiger partial charge in [-0.1, -0.05) is 0 Å². The molecule has 2 aliphatic heterocycles. The normalized spacial score (nSPS) is 25.3. The Balaban J connectivity index is 1.66. The van der Waals surface area contributed by atoms with Crippen molar-refractivity contribution in [3.8, 4) is 0 Å². The number of halogens is 3. The molecule has 136 valence electrons. The van der Waals surface area contributed by atoms with Crippen molar-refractivity contribution in [1.82, 2.24) is 19.5 Å². The fourth-order valence-electron chi connectivity index (χ4n) is 3.92. The molecule has 0 aliphatic carbocycles. The number of ether oxygens (including phenoxy) is 1. The first-order chi connectivity index (χ1) is 11.9. The van der Waals surface area contributed by atoms with Crippen molar-refractivity contribution in [3.05, 3.63) is 29.2 Å². The molecule has 2 saturated heterocycles. The van der Waals surface area contributed by atoms with E-state index in [0.717, 1.165) is 56.1 Å². The maximum Gasteiger partial charge on any atom is 0.433 e. The Kier molecular flexibility index (Phi) is 4.19. The van der Waals surface area contributed by atoms with E-state index in [1.54, 1.807) is 13.0 Å². The van der Waals surface area contributed by atoms with Gasteiger partial charge in [0.15, 0.2) is 5.65 Å². The van der Waals surface area contributed by atoms with Gasteiger partial charge in [-0.15, -0.1) is 0 Å². The van der Waals surface area contributed by atoms with Crippen molar-refractivity contribution in [2.24, 2.45) is 5.92 Å². The lowest BCUT2D eigenvalue weighted by atomic mass is 10.1. The van der Waals surface area contributed by atoms with Gasteiger partial charge in [-0.05, 0) is 44.7 Å². The summed E-state index contributed by atoms with van der Waals surface area (Å²) in [7, 11) is 0. The molecular weight excluding hydrogens is 333 g/mol. The number of hydrogen-bond donors (Lipinski definition) is 0. The van der Waals surface area contributed by atoms with Crippen LogP contribution in [0.4, 0.5) is 13.2 Å². The molecule has 2 aromatic heterocycles. The summed E-state index contributed by atoms with van der Waals surface area (Å²) in [4.78, 5) is 6.57. The Bertz CT molecular complexity index is 767. The molecule has 0 aromatic carbocycles. The number of likely N-dealkylation sites (tertiary alicyclic amines) is 1. The minimum Gasteiger partial charge on any atom is -0.381 e. The van der Waals surface area contributed by atoms with E-state index in [9.17, 15) is 13.2 Å². The molecule has 0 bridgehead atoms. The summed E-state index contributed by atoms with van der Waals surface area (Å²) in [6.07, 6.45) is -1.46. The fraction of sp³-hybridized carbons (Fsp3) is 0.647. The summed E-state index contributed by atoms with van der Waals surface area (Å²) in [6, 6.07) is 2.81. The van der Waals surface area contributed by atoms with Gasteiger partial charge in [0.2, 0.25) is 0 Å². The monoisotopic (exact) mass is 354 g/mol.